The van der Waals surface area contributed by atoms with Gasteiger partial charge in [0.1, 0.15) is 10.7 Å². The first-order valence-electron chi connectivity index (χ1n) is 7.13. The maximum Gasteiger partial charge on any atom is 0.245 e. The standard InChI is InChI=1S/C13H26N4O2S/c1-5-6-7-8-16-20(18,19)12-9-15-17(13(12)14)11(4)10(2)3/h9-11,16H,5-8,14H2,1-4H3. The van der Waals surface area contributed by atoms with Crippen molar-refractivity contribution in [2.45, 2.75) is 57.9 Å². The zero-order chi connectivity index (χ0) is 15.3. The number of nitrogens with two attached hydrogens (primary N) is 1. The van der Waals surface area contributed by atoms with Gasteiger partial charge in [-0.1, -0.05) is 33.6 Å². The summed E-state index contributed by atoms with van der Waals surface area (Å²) in [6.07, 6.45) is 4.21. The van der Waals surface area contributed by atoms with Gasteiger partial charge in [-0.05, 0) is 19.3 Å². The van der Waals surface area contributed by atoms with Gasteiger partial charge >= 0.3 is 0 Å². The lowest BCUT2D eigenvalue weighted by Gasteiger charge is -2.17. The van der Waals surface area contributed by atoms with Crippen LogP contribution in [0.1, 0.15) is 53.0 Å². The molecule has 0 aliphatic carbocycles. The molecule has 0 spiro atoms. The molecule has 1 aromatic heterocycles. The lowest BCUT2D eigenvalue weighted by atomic mass is 10.1. The van der Waals surface area contributed by atoms with Crippen LogP contribution in [0.5, 0.6) is 0 Å². The molecule has 0 saturated heterocycles. The number of nitrogens with one attached hydrogen (secondary N) is 1. The minimum Gasteiger partial charge on any atom is -0.383 e. The fourth-order valence-corrected chi connectivity index (χ4v) is 2.95. The summed E-state index contributed by atoms with van der Waals surface area (Å²) < 4.78 is 28.5. The Kier molecular flexibility index (Phi) is 6.01. The maximum absolute atomic E-state index is 12.2. The Morgan fingerprint density at radius 1 is 1.35 bits per heavy atom. The summed E-state index contributed by atoms with van der Waals surface area (Å²) >= 11 is 0. The van der Waals surface area contributed by atoms with Gasteiger partial charge in [-0.3, -0.25) is 0 Å². The Bertz CT molecular complexity index is 522. The van der Waals surface area contributed by atoms with Gasteiger partial charge in [-0.15, -0.1) is 0 Å². The molecule has 1 rings (SSSR count). The number of anilines is 1. The number of unbranched alkanes of at least 4 members (excludes halogenated alkanes) is 2. The zero-order valence-corrected chi connectivity index (χ0v) is 13.6. The Hall–Kier alpha value is -1.08. The van der Waals surface area contributed by atoms with Crippen molar-refractivity contribution in [3.8, 4) is 0 Å². The molecule has 0 aliphatic heterocycles. The molecule has 6 nitrogen and oxygen atoms in total. The van der Waals surface area contributed by atoms with Crippen LogP contribution in [0.25, 0.3) is 0 Å². The number of aromatic nitrogens is 2. The Balaban J connectivity index is 2.86. The number of sulfonamides is 1. The molecule has 1 aromatic rings. The first-order valence-corrected chi connectivity index (χ1v) is 8.62. The van der Waals surface area contributed by atoms with Crippen LogP contribution in [0.15, 0.2) is 11.1 Å². The fourth-order valence-electron chi connectivity index (χ4n) is 1.83. The minimum atomic E-state index is -3.57. The van der Waals surface area contributed by atoms with Crippen LogP contribution in [0.4, 0.5) is 5.82 Å². The van der Waals surface area contributed by atoms with Crippen LogP contribution in [0, 0.1) is 5.92 Å². The minimum absolute atomic E-state index is 0.0547. The largest absolute Gasteiger partial charge is 0.383 e. The fraction of sp³-hybridized carbons (Fsp3) is 0.769. The molecule has 0 saturated carbocycles. The van der Waals surface area contributed by atoms with Gasteiger partial charge in [-0.2, -0.15) is 5.10 Å². The first-order chi connectivity index (χ1) is 9.31. The molecule has 0 aromatic carbocycles. The molecule has 1 heterocycles. The van der Waals surface area contributed by atoms with Crippen LogP contribution in [-0.4, -0.2) is 24.7 Å². The quantitative estimate of drug-likeness (QED) is 0.720. The molecular weight excluding hydrogens is 276 g/mol. The molecule has 20 heavy (non-hydrogen) atoms. The van der Waals surface area contributed by atoms with Crippen molar-refractivity contribution < 1.29 is 8.42 Å². The highest BCUT2D eigenvalue weighted by atomic mass is 32.2. The van der Waals surface area contributed by atoms with E-state index in [1.807, 2.05) is 20.8 Å². The average Bonchev–Trinajstić information content (AvgIpc) is 2.76. The number of hydrogen-bond donors (Lipinski definition) is 2. The van der Waals surface area contributed by atoms with E-state index < -0.39 is 10.0 Å². The normalized spacial score (nSPS) is 13.8. The SMILES string of the molecule is CCCCCNS(=O)(=O)c1cnn(C(C)C(C)C)c1N. The van der Waals surface area contributed by atoms with Crippen molar-refractivity contribution in [2.24, 2.45) is 5.92 Å². The summed E-state index contributed by atoms with van der Waals surface area (Å²) in [6, 6.07) is 0.0547. The number of nitrogen functional groups attached to an aromatic ring is 1. The molecule has 0 bridgehead atoms. The predicted octanol–water partition coefficient (Wildman–Crippen LogP) is 2.15. The molecule has 116 valence electrons. The van der Waals surface area contributed by atoms with Crippen molar-refractivity contribution >= 4 is 15.8 Å². The number of hydrogen-bond acceptors (Lipinski definition) is 4. The van der Waals surface area contributed by atoms with Gasteiger partial charge in [0, 0.05) is 6.54 Å². The third kappa shape index (κ3) is 3.96. The van der Waals surface area contributed by atoms with Crippen LogP contribution >= 0.6 is 0 Å². The second-order valence-corrected chi connectivity index (χ2v) is 7.16. The van der Waals surface area contributed by atoms with E-state index >= 15 is 0 Å². The van der Waals surface area contributed by atoms with E-state index in [-0.39, 0.29) is 16.8 Å². The molecule has 0 amide bonds. The predicted molar refractivity (Wildman–Crippen MR) is 80.9 cm³/mol. The van der Waals surface area contributed by atoms with Crippen LogP contribution in [-0.2, 0) is 10.0 Å². The van der Waals surface area contributed by atoms with Crippen LogP contribution < -0.4 is 10.5 Å². The second kappa shape index (κ2) is 7.08. The summed E-state index contributed by atoms with van der Waals surface area (Å²) in [5, 5.41) is 4.12. The molecule has 1 unspecified atom stereocenters. The van der Waals surface area contributed by atoms with E-state index in [9.17, 15) is 8.42 Å². The summed E-state index contributed by atoms with van der Waals surface area (Å²) in [5.41, 5.74) is 5.94. The molecule has 0 aliphatic rings. The van der Waals surface area contributed by atoms with E-state index in [4.69, 9.17) is 5.73 Å². The highest BCUT2D eigenvalue weighted by Gasteiger charge is 2.23. The first kappa shape index (κ1) is 17.0. The lowest BCUT2D eigenvalue weighted by Crippen LogP contribution is -2.25. The van der Waals surface area contributed by atoms with E-state index in [0.29, 0.717) is 12.5 Å². The highest BCUT2D eigenvalue weighted by molar-refractivity contribution is 7.89. The maximum atomic E-state index is 12.2. The van der Waals surface area contributed by atoms with E-state index in [1.54, 1.807) is 4.68 Å². The number of rotatable bonds is 8. The van der Waals surface area contributed by atoms with Crippen LogP contribution in [0.3, 0.4) is 0 Å². The Morgan fingerprint density at radius 2 is 2.00 bits per heavy atom. The second-order valence-electron chi connectivity index (χ2n) is 5.43. The Labute approximate surface area is 121 Å². The molecule has 0 radical (unpaired) electrons. The zero-order valence-electron chi connectivity index (χ0n) is 12.8. The van der Waals surface area contributed by atoms with Crippen molar-refractivity contribution in [2.75, 3.05) is 12.3 Å². The van der Waals surface area contributed by atoms with Gasteiger partial charge in [0.05, 0.1) is 12.2 Å². The van der Waals surface area contributed by atoms with Crippen molar-refractivity contribution in [1.82, 2.24) is 14.5 Å². The van der Waals surface area contributed by atoms with Crippen LogP contribution in [0.2, 0.25) is 0 Å². The van der Waals surface area contributed by atoms with E-state index in [2.05, 4.69) is 16.7 Å². The molecule has 1 atom stereocenters. The number of nitrogens with zero attached hydrogens (tertiary/aromatic N) is 2. The van der Waals surface area contributed by atoms with E-state index in [1.165, 1.54) is 6.20 Å². The van der Waals surface area contributed by atoms with Crippen molar-refractivity contribution in [1.29, 1.82) is 0 Å². The molecule has 7 heteroatoms. The van der Waals surface area contributed by atoms with E-state index in [0.717, 1.165) is 19.3 Å². The molecule has 3 N–H and O–H groups in total. The summed E-state index contributed by atoms with van der Waals surface area (Å²) in [4.78, 5) is 0.0708. The lowest BCUT2D eigenvalue weighted by molar-refractivity contribution is 0.380. The summed E-state index contributed by atoms with van der Waals surface area (Å²) in [7, 11) is -3.57. The molecular formula is C13H26N4O2S. The topological polar surface area (TPSA) is 90.0 Å². The van der Waals surface area contributed by atoms with Gasteiger partial charge in [0.2, 0.25) is 10.0 Å². The highest BCUT2D eigenvalue weighted by Crippen LogP contribution is 2.24. The average molecular weight is 302 g/mol. The van der Waals surface area contributed by atoms with Gasteiger partial charge in [0.25, 0.3) is 0 Å². The summed E-state index contributed by atoms with van der Waals surface area (Å²) in [5.74, 6) is 0.527. The van der Waals surface area contributed by atoms with Gasteiger partial charge in [0.15, 0.2) is 0 Å². The summed E-state index contributed by atoms with van der Waals surface area (Å²) in [6.45, 7) is 8.56. The monoisotopic (exact) mass is 302 g/mol. The van der Waals surface area contributed by atoms with Gasteiger partial charge < -0.3 is 5.73 Å². The van der Waals surface area contributed by atoms with Crippen molar-refractivity contribution in [3.05, 3.63) is 6.20 Å². The molecule has 0 fully saturated rings. The Morgan fingerprint density at radius 3 is 2.55 bits per heavy atom. The van der Waals surface area contributed by atoms with Crippen molar-refractivity contribution in [3.63, 3.8) is 0 Å². The smallest absolute Gasteiger partial charge is 0.245 e. The third-order valence-corrected chi connectivity index (χ3v) is 4.99. The van der Waals surface area contributed by atoms with Gasteiger partial charge in [-0.25, -0.2) is 17.8 Å². The third-order valence-electron chi connectivity index (χ3n) is 3.51.